The Morgan fingerprint density at radius 1 is 1.23 bits per heavy atom. The molecule has 4 N–H and O–H groups in total. The Kier molecular flexibility index (Phi) is 8.13. The van der Waals surface area contributed by atoms with Crippen LogP contribution in [-0.4, -0.2) is 48.2 Å². The predicted octanol–water partition coefficient (Wildman–Crippen LogP) is 2.90. The number of aryl methyl sites for hydroxylation is 1. The van der Waals surface area contributed by atoms with Gasteiger partial charge in [-0.15, -0.1) is 11.3 Å². The first-order chi connectivity index (χ1) is 14.3. The van der Waals surface area contributed by atoms with Crippen molar-refractivity contribution in [3.8, 4) is 0 Å². The highest BCUT2D eigenvalue weighted by molar-refractivity contribution is 7.16. The molecule has 0 unspecified atom stereocenters. The summed E-state index contributed by atoms with van der Waals surface area (Å²) in [6.07, 6.45) is 0. The lowest BCUT2D eigenvalue weighted by molar-refractivity contribution is -0.384. The zero-order chi connectivity index (χ0) is 22.3. The van der Waals surface area contributed by atoms with Crippen LogP contribution in [0.25, 0.3) is 0 Å². The highest BCUT2D eigenvalue weighted by Crippen LogP contribution is 2.33. The molecule has 0 saturated heterocycles. The first-order valence-corrected chi connectivity index (χ1v) is 10.0. The SMILES string of the molecule is CCOC(=O)c1c(NC(=O)CNc2cc([N+](=O)[O-])ccc2NCCO)sc(C)c1C. The van der Waals surface area contributed by atoms with Gasteiger partial charge in [-0.3, -0.25) is 14.9 Å². The summed E-state index contributed by atoms with van der Waals surface area (Å²) in [5, 5.41) is 28.9. The second-order valence-corrected chi connectivity index (χ2v) is 7.47. The molecule has 0 aliphatic rings. The van der Waals surface area contributed by atoms with E-state index in [1.54, 1.807) is 13.8 Å². The van der Waals surface area contributed by atoms with E-state index in [0.717, 1.165) is 10.4 Å². The van der Waals surface area contributed by atoms with Crippen molar-refractivity contribution in [3.63, 3.8) is 0 Å². The fourth-order valence-electron chi connectivity index (χ4n) is 2.65. The number of ether oxygens (including phenoxy) is 1. The van der Waals surface area contributed by atoms with Gasteiger partial charge in [-0.2, -0.15) is 0 Å². The number of aliphatic hydroxyl groups excluding tert-OH is 1. The molecule has 0 saturated carbocycles. The lowest BCUT2D eigenvalue weighted by Gasteiger charge is -2.13. The lowest BCUT2D eigenvalue weighted by atomic mass is 10.1. The molecule has 0 aliphatic carbocycles. The minimum absolute atomic E-state index is 0.120. The number of aliphatic hydroxyl groups is 1. The average Bonchev–Trinajstić information content (AvgIpc) is 2.98. The van der Waals surface area contributed by atoms with E-state index in [1.165, 1.54) is 29.5 Å². The molecule has 1 aromatic heterocycles. The molecule has 1 amide bonds. The quantitative estimate of drug-likeness (QED) is 0.253. The number of carbonyl (C=O) groups excluding carboxylic acids is 2. The maximum atomic E-state index is 12.5. The van der Waals surface area contributed by atoms with E-state index < -0.39 is 16.8 Å². The lowest BCUT2D eigenvalue weighted by Crippen LogP contribution is -2.23. The van der Waals surface area contributed by atoms with Crippen molar-refractivity contribution in [2.24, 2.45) is 0 Å². The van der Waals surface area contributed by atoms with Crippen LogP contribution in [0.3, 0.4) is 0 Å². The molecule has 11 heteroatoms. The largest absolute Gasteiger partial charge is 0.462 e. The monoisotopic (exact) mass is 436 g/mol. The zero-order valence-corrected chi connectivity index (χ0v) is 17.7. The van der Waals surface area contributed by atoms with Gasteiger partial charge in [0.15, 0.2) is 0 Å². The Morgan fingerprint density at radius 2 is 1.97 bits per heavy atom. The van der Waals surface area contributed by atoms with Gasteiger partial charge in [0.1, 0.15) is 5.00 Å². The van der Waals surface area contributed by atoms with Gasteiger partial charge >= 0.3 is 5.97 Å². The van der Waals surface area contributed by atoms with Crippen molar-refractivity contribution < 1.29 is 24.4 Å². The Hall–Kier alpha value is -3.18. The van der Waals surface area contributed by atoms with Gasteiger partial charge in [0, 0.05) is 23.6 Å². The molecule has 10 nitrogen and oxygen atoms in total. The minimum Gasteiger partial charge on any atom is -0.462 e. The average molecular weight is 436 g/mol. The Morgan fingerprint density at radius 3 is 2.60 bits per heavy atom. The normalized spacial score (nSPS) is 10.4. The summed E-state index contributed by atoms with van der Waals surface area (Å²) in [5.41, 5.74) is 1.79. The second-order valence-electron chi connectivity index (χ2n) is 6.25. The topological polar surface area (TPSA) is 143 Å². The van der Waals surface area contributed by atoms with Gasteiger partial charge in [-0.1, -0.05) is 0 Å². The van der Waals surface area contributed by atoms with Gasteiger partial charge in [0.05, 0.1) is 41.6 Å². The summed E-state index contributed by atoms with van der Waals surface area (Å²) in [6, 6.07) is 4.13. The molecule has 0 aliphatic heterocycles. The molecule has 30 heavy (non-hydrogen) atoms. The number of benzene rings is 1. The van der Waals surface area contributed by atoms with Crippen LogP contribution < -0.4 is 16.0 Å². The molecule has 162 valence electrons. The highest BCUT2D eigenvalue weighted by Gasteiger charge is 2.22. The summed E-state index contributed by atoms with van der Waals surface area (Å²) in [5.74, 6) is -0.932. The van der Waals surface area contributed by atoms with Crippen LogP contribution >= 0.6 is 11.3 Å². The van der Waals surface area contributed by atoms with E-state index in [0.29, 0.717) is 21.9 Å². The van der Waals surface area contributed by atoms with Gasteiger partial charge in [0.25, 0.3) is 5.69 Å². The van der Waals surface area contributed by atoms with Crippen LogP contribution in [0.4, 0.5) is 22.1 Å². The summed E-state index contributed by atoms with van der Waals surface area (Å²) in [6.45, 7) is 5.49. The van der Waals surface area contributed by atoms with Crippen molar-refractivity contribution >= 4 is 45.3 Å². The minimum atomic E-state index is -0.538. The van der Waals surface area contributed by atoms with Crippen LogP contribution in [0, 0.1) is 24.0 Å². The zero-order valence-electron chi connectivity index (χ0n) is 16.9. The van der Waals surface area contributed by atoms with E-state index in [4.69, 9.17) is 9.84 Å². The molecule has 0 fully saturated rings. The number of amides is 1. The van der Waals surface area contributed by atoms with Crippen LogP contribution in [0.2, 0.25) is 0 Å². The smallest absolute Gasteiger partial charge is 0.341 e. The number of hydrogen-bond donors (Lipinski definition) is 4. The van der Waals surface area contributed by atoms with E-state index in [-0.39, 0.29) is 32.0 Å². The number of nitrogens with zero attached hydrogens (tertiary/aromatic N) is 1. The molecular weight excluding hydrogens is 412 g/mol. The predicted molar refractivity (Wildman–Crippen MR) is 116 cm³/mol. The Bertz CT molecular complexity index is 943. The molecule has 2 rings (SSSR count). The van der Waals surface area contributed by atoms with Crippen LogP contribution in [0.15, 0.2) is 18.2 Å². The Balaban J connectivity index is 2.15. The molecular formula is C19H24N4O6S. The van der Waals surface area contributed by atoms with E-state index in [9.17, 15) is 19.7 Å². The van der Waals surface area contributed by atoms with Crippen molar-refractivity contribution in [2.45, 2.75) is 20.8 Å². The number of nitrogens with one attached hydrogen (secondary N) is 3. The molecule has 2 aromatic rings. The second kappa shape index (κ2) is 10.6. The van der Waals surface area contributed by atoms with Crippen LogP contribution in [0.5, 0.6) is 0 Å². The highest BCUT2D eigenvalue weighted by atomic mass is 32.1. The fraction of sp³-hybridized carbons (Fsp3) is 0.368. The number of nitro benzene ring substituents is 1. The third kappa shape index (κ3) is 5.67. The van der Waals surface area contributed by atoms with Crippen LogP contribution in [0.1, 0.15) is 27.7 Å². The van der Waals surface area contributed by atoms with Crippen molar-refractivity contribution in [2.75, 3.05) is 42.3 Å². The summed E-state index contributed by atoms with van der Waals surface area (Å²) < 4.78 is 5.07. The number of rotatable bonds is 10. The maximum Gasteiger partial charge on any atom is 0.341 e. The molecule has 0 bridgehead atoms. The molecule has 1 heterocycles. The molecule has 0 atom stereocenters. The van der Waals surface area contributed by atoms with Gasteiger partial charge in [0.2, 0.25) is 5.91 Å². The number of carbonyl (C=O) groups is 2. The summed E-state index contributed by atoms with van der Waals surface area (Å²) in [4.78, 5) is 36.1. The fourth-order valence-corrected chi connectivity index (χ4v) is 3.71. The number of non-ortho nitro benzene ring substituents is 1. The number of esters is 1. The number of nitro groups is 1. The first kappa shape index (κ1) is 23.1. The third-order valence-corrected chi connectivity index (χ3v) is 5.32. The Labute approximate surface area is 177 Å². The molecule has 1 aromatic carbocycles. The van der Waals surface area contributed by atoms with Crippen molar-refractivity contribution in [1.82, 2.24) is 0 Å². The molecule has 0 radical (unpaired) electrons. The number of anilines is 3. The van der Waals surface area contributed by atoms with Gasteiger partial charge in [-0.25, -0.2) is 4.79 Å². The maximum absolute atomic E-state index is 12.5. The first-order valence-electron chi connectivity index (χ1n) is 9.22. The standard InChI is InChI=1S/C19H24N4O6S/c1-4-29-19(26)17-11(2)12(3)30-18(17)22-16(25)10-21-15-9-13(23(27)28)5-6-14(15)20-7-8-24/h5-6,9,20-21,24H,4,7-8,10H2,1-3H3,(H,22,25). The van der Waals surface area contributed by atoms with Gasteiger partial charge < -0.3 is 25.8 Å². The number of hydrogen-bond acceptors (Lipinski definition) is 9. The summed E-state index contributed by atoms with van der Waals surface area (Å²) >= 11 is 1.28. The van der Waals surface area contributed by atoms with Gasteiger partial charge in [-0.05, 0) is 32.4 Å². The van der Waals surface area contributed by atoms with E-state index in [2.05, 4.69) is 16.0 Å². The van der Waals surface area contributed by atoms with Crippen LogP contribution in [-0.2, 0) is 9.53 Å². The third-order valence-electron chi connectivity index (χ3n) is 4.20. The number of thiophene rings is 1. The van der Waals surface area contributed by atoms with E-state index in [1.807, 2.05) is 6.92 Å². The van der Waals surface area contributed by atoms with Crippen molar-refractivity contribution in [1.29, 1.82) is 0 Å². The molecule has 0 spiro atoms. The van der Waals surface area contributed by atoms with Crippen molar-refractivity contribution in [3.05, 3.63) is 44.3 Å². The summed E-state index contributed by atoms with van der Waals surface area (Å²) in [7, 11) is 0. The van der Waals surface area contributed by atoms with E-state index >= 15 is 0 Å².